The summed E-state index contributed by atoms with van der Waals surface area (Å²) in [5.74, 6) is -1.46. The molecule has 3 aromatic rings. The highest BCUT2D eigenvalue weighted by Gasteiger charge is 2.38. The fourth-order valence-corrected chi connectivity index (χ4v) is 3.77. The number of anilines is 3. The van der Waals surface area contributed by atoms with Crippen molar-refractivity contribution in [3.63, 3.8) is 0 Å². The quantitative estimate of drug-likeness (QED) is 0.451. The molecular formula is C25H19Cl2N3O3. The number of hydrogen-bond acceptors (Lipinski definition) is 4. The van der Waals surface area contributed by atoms with E-state index in [9.17, 15) is 14.4 Å². The van der Waals surface area contributed by atoms with Gasteiger partial charge in [0.2, 0.25) is 0 Å². The van der Waals surface area contributed by atoms with E-state index in [1.165, 1.54) is 0 Å². The number of imide groups is 1. The molecule has 166 valence electrons. The van der Waals surface area contributed by atoms with Crippen LogP contribution in [0.25, 0.3) is 0 Å². The highest BCUT2D eigenvalue weighted by Crippen LogP contribution is 2.30. The zero-order valence-electron chi connectivity index (χ0n) is 17.6. The molecule has 0 saturated carbocycles. The van der Waals surface area contributed by atoms with Crippen LogP contribution in [-0.2, 0) is 16.0 Å². The highest BCUT2D eigenvalue weighted by molar-refractivity contribution is 6.53. The monoisotopic (exact) mass is 479 g/mol. The molecule has 0 aromatic heterocycles. The summed E-state index contributed by atoms with van der Waals surface area (Å²) in [5, 5.41) is 6.08. The van der Waals surface area contributed by atoms with Crippen molar-refractivity contribution in [3.05, 3.63) is 99.7 Å². The van der Waals surface area contributed by atoms with E-state index >= 15 is 0 Å². The maximum atomic E-state index is 12.9. The highest BCUT2D eigenvalue weighted by atomic mass is 35.5. The van der Waals surface area contributed by atoms with Crippen LogP contribution in [-0.4, -0.2) is 17.7 Å². The standard InChI is InChI=1S/C25H19Cl2N3O3/c1-2-15-5-3-4-6-20(15)29-23(31)16-7-11-18(12-8-16)28-22-21(27)24(32)30(25(22)33)19-13-9-17(26)10-14-19/h3-14,28H,2H2,1H3,(H,29,31). The average Bonchev–Trinajstić information content (AvgIpc) is 3.03. The van der Waals surface area contributed by atoms with Gasteiger partial charge in [0, 0.05) is 22.0 Å². The van der Waals surface area contributed by atoms with E-state index in [-0.39, 0.29) is 16.6 Å². The Morgan fingerprint density at radius 2 is 1.55 bits per heavy atom. The summed E-state index contributed by atoms with van der Waals surface area (Å²) in [6, 6.07) is 20.4. The summed E-state index contributed by atoms with van der Waals surface area (Å²) in [4.78, 5) is 39.0. The molecule has 3 amide bonds. The number of benzene rings is 3. The minimum Gasteiger partial charge on any atom is -0.350 e. The molecule has 0 saturated heterocycles. The SMILES string of the molecule is CCc1ccccc1NC(=O)c1ccc(NC2=C(Cl)C(=O)N(c3ccc(Cl)cc3)C2=O)cc1. The van der Waals surface area contributed by atoms with Crippen LogP contribution < -0.4 is 15.5 Å². The molecule has 4 rings (SSSR count). The van der Waals surface area contributed by atoms with E-state index in [1.807, 2.05) is 31.2 Å². The molecule has 1 aliphatic heterocycles. The Morgan fingerprint density at radius 3 is 2.21 bits per heavy atom. The molecule has 3 aromatic carbocycles. The molecule has 1 aliphatic rings. The van der Waals surface area contributed by atoms with Gasteiger partial charge in [-0.2, -0.15) is 0 Å². The Morgan fingerprint density at radius 1 is 0.879 bits per heavy atom. The molecule has 6 nitrogen and oxygen atoms in total. The molecule has 1 heterocycles. The number of nitrogens with one attached hydrogen (secondary N) is 2. The molecule has 33 heavy (non-hydrogen) atoms. The first kappa shape index (κ1) is 22.6. The first-order chi connectivity index (χ1) is 15.9. The molecule has 0 fully saturated rings. The number of hydrogen-bond donors (Lipinski definition) is 2. The third-order valence-electron chi connectivity index (χ3n) is 5.18. The summed E-state index contributed by atoms with van der Waals surface area (Å²) < 4.78 is 0. The Balaban J connectivity index is 1.48. The van der Waals surface area contributed by atoms with E-state index < -0.39 is 11.8 Å². The van der Waals surface area contributed by atoms with Crippen LogP contribution >= 0.6 is 23.2 Å². The maximum absolute atomic E-state index is 12.9. The molecule has 0 bridgehead atoms. The first-order valence-corrected chi connectivity index (χ1v) is 10.9. The Kier molecular flexibility index (Phi) is 6.49. The summed E-state index contributed by atoms with van der Waals surface area (Å²) in [7, 11) is 0. The number of halogens is 2. The third kappa shape index (κ3) is 4.62. The van der Waals surface area contributed by atoms with Crippen molar-refractivity contribution in [2.45, 2.75) is 13.3 Å². The lowest BCUT2D eigenvalue weighted by Crippen LogP contribution is -2.32. The zero-order valence-corrected chi connectivity index (χ0v) is 19.1. The van der Waals surface area contributed by atoms with Gasteiger partial charge in [-0.15, -0.1) is 0 Å². The van der Waals surface area contributed by atoms with Gasteiger partial charge in [-0.05, 0) is 66.6 Å². The Bertz CT molecular complexity index is 1270. The second-order valence-corrected chi connectivity index (χ2v) is 8.09. The van der Waals surface area contributed by atoms with Crippen LogP contribution in [0.2, 0.25) is 5.02 Å². The van der Waals surface area contributed by atoms with Crippen LogP contribution in [0.3, 0.4) is 0 Å². The maximum Gasteiger partial charge on any atom is 0.283 e. The zero-order chi connectivity index (χ0) is 23.5. The van der Waals surface area contributed by atoms with Crippen molar-refractivity contribution < 1.29 is 14.4 Å². The minimum absolute atomic E-state index is 0.0364. The predicted octanol–water partition coefficient (Wildman–Crippen LogP) is 5.59. The Hall–Kier alpha value is -3.61. The van der Waals surface area contributed by atoms with E-state index in [0.29, 0.717) is 22.0 Å². The summed E-state index contributed by atoms with van der Waals surface area (Å²) in [6.45, 7) is 2.02. The van der Waals surface area contributed by atoms with E-state index in [4.69, 9.17) is 23.2 Å². The minimum atomic E-state index is -0.628. The molecule has 0 radical (unpaired) electrons. The lowest BCUT2D eigenvalue weighted by molar-refractivity contribution is -0.120. The topological polar surface area (TPSA) is 78.5 Å². The van der Waals surface area contributed by atoms with Crippen LogP contribution in [0.5, 0.6) is 0 Å². The average molecular weight is 480 g/mol. The van der Waals surface area contributed by atoms with E-state index in [0.717, 1.165) is 22.6 Å². The smallest absolute Gasteiger partial charge is 0.283 e. The Labute approximate surface area is 200 Å². The van der Waals surface area contributed by atoms with Gasteiger partial charge in [-0.1, -0.05) is 48.3 Å². The van der Waals surface area contributed by atoms with Gasteiger partial charge in [-0.25, -0.2) is 4.90 Å². The van der Waals surface area contributed by atoms with Gasteiger partial charge in [0.25, 0.3) is 17.7 Å². The van der Waals surface area contributed by atoms with Gasteiger partial charge < -0.3 is 10.6 Å². The summed E-state index contributed by atoms with van der Waals surface area (Å²) >= 11 is 12.1. The van der Waals surface area contributed by atoms with Crippen molar-refractivity contribution >= 4 is 58.0 Å². The van der Waals surface area contributed by atoms with Gasteiger partial charge in [0.05, 0.1) is 5.69 Å². The second-order valence-electron chi connectivity index (χ2n) is 7.28. The number of para-hydroxylation sites is 1. The van der Waals surface area contributed by atoms with Gasteiger partial charge in [0.15, 0.2) is 0 Å². The largest absolute Gasteiger partial charge is 0.350 e. The van der Waals surface area contributed by atoms with Crippen molar-refractivity contribution in [2.24, 2.45) is 0 Å². The van der Waals surface area contributed by atoms with Crippen molar-refractivity contribution in [1.82, 2.24) is 0 Å². The number of amides is 3. The van der Waals surface area contributed by atoms with Crippen LogP contribution in [0, 0.1) is 0 Å². The second kappa shape index (κ2) is 9.48. The van der Waals surface area contributed by atoms with Crippen LogP contribution in [0.15, 0.2) is 83.5 Å². The molecule has 8 heteroatoms. The summed E-state index contributed by atoms with van der Waals surface area (Å²) in [5.41, 5.74) is 3.09. The van der Waals surface area contributed by atoms with Gasteiger partial charge in [0.1, 0.15) is 10.7 Å². The van der Waals surface area contributed by atoms with E-state index in [1.54, 1.807) is 48.5 Å². The lowest BCUT2D eigenvalue weighted by atomic mass is 10.1. The number of nitrogens with zero attached hydrogens (tertiary/aromatic N) is 1. The predicted molar refractivity (Wildman–Crippen MR) is 131 cm³/mol. The molecule has 0 atom stereocenters. The van der Waals surface area contributed by atoms with Crippen molar-refractivity contribution in [1.29, 1.82) is 0 Å². The van der Waals surface area contributed by atoms with Crippen LogP contribution in [0.4, 0.5) is 17.1 Å². The van der Waals surface area contributed by atoms with Crippen molar-refractivity contribution in [2.75, 3.05) is 15.5 Å². The fraction of sp³-hybridized carbons (Fsp3) is 0.0800. The molecule has 0 aliphatic carbocycles. The number of carbonyl (C=O) groups is 3. The normalized spacial score (nSPS) is 13.5. The fourth-order valence-electron chi connectivity index (χ4n) is 3.43. The molecular weight excluding hydrogens is 461 g/mol. The lowest BCUT2D eigenvalue weighted by Gasteiger charge is -2.15. The number of rotatable bonds is 6. The first-order valence-electron chi connectivity index (χ1n) is 10.2. The van der Waals surface area contributed by atoms with Crippen molar-refractivity contribution in [3.8, 4) is 0 Å². The van der Waals surface area contributed by atoms with Gasteiger partial charge >= 0.3 is 0 Å². The van der Waals surface area contributed by atoms with E-state index in [2.05, 4.69) is 10.6 Å². The molecule has 0 spiro atoms. The van der Waals surface area contributed by atoms with Crippen LogP contribution in [0.1, 0.15) is 22.8 Å². The number of carbonyl (C=O) groups excluding carboxylic acids is 3. The van der Waals surface area contributed by atoms with Gasteiger partial charge in [-0.3, -0.25) is 14.4 Å². The molecule has 2 N–H and O–H groups in total. The number of aryl methyl sites for hydroxylation is 1. The third-order valence-corrected chi connectivity index (χ3v) is 5.78. The summed E-state index contributed by atoms with van der Waals surface area (Å²) in [6.07, 6.45) is 0.801. The molecule has 0 unspecified atom stereocenters.